The summed E-state index contributed by atoms with van der Waals surface area (Å²) in [6, 6.07) is 5.84. The van der Waals surface area contributed by atoms with Gasteiger partial charge in [-0.05, 0) is 50.5 Å². The smallest absolute Gasteiger partial charge is 0.248 e. The van der Waals surface area contributed by atoms with Gasteiger partial charge in [0.15, 0.2) is 11.7 Å². The lowest BCUT2D eigenvalue weighted by atomic mass is 9.92. The molecule has 3 aromatic heterocycles. The first-order valence-corrected chi connectivity index (χ1v) is 9.45. The SMILES string of the molecule is Cc1cc(C)n(-c2cc(Cc3ncco3)cc(NC3CCC(F)(F)CC3)n2)n1. The average molecular weight is 387 g/mol. The number of oxazole rings is 1. The molecule has 1 fully saturated rings. The van der Waals surface area contributed by atoms with E-state index in [4.69, 9.17) is 4.42 Å². The second-order valence-corrected chi connectivity index (χ2v) is 7.43. The van der Waals surface area contributed by atoms with Crippen molar-refractivity contribution in [2.24, 2.45) is 0 Å². The van der Waals surface area contributed by atoms with Crippen molar-refractivity contribution in [3.05, 3.63) is 53.5 Å². The third kappa shape index (κ3) is 4.21. The summed E-state index contributed by atoms with van der Waals surface area (Å²) >= 11 is 0. The number of pyridine rings is 1. The fraction of sp³-hybridized carbons (Fsp3) is 0.450. The third-order valence-corrected chi connectivity index (χ3v) is 5.01. The van der Waals surface area contributed by atoms with Crippen LogP contribution in [0, 0.1) is 13.8 Å². The number of nitrogens with one attached hydrogen (secondary N) is 1. The minimum Gasteiger partial charge on any atom is -0.449 e. The number of hydrogen-bond acceptors (Lipinski definition) is 5. The van der Waals surface area contributed by atoms with E-state index in [0.717, 1.165) is 17.0 Å². The molecule has 1 saturated carbocycles. The summed E-state index contributed by atoms with van der Waals surface area (Å²) < 4.78 is 34.1. The first kappa shape index (κ1) is 18.6. The molecule has 4 rings (SSSR count). The van der Waals surface area contributed by atoms with E-state index in [9.17, 15) is 8.78 Å². The van der Waals surface area contributed by atoms with Crippen molar-refractivity contribution in [3.63, 3.8) is 0 Å². The van der Waals surface area contributed by atoms with Gasteiger partial charge in [0.05, 0.1) is 11.9 Å². The van der Waals surface area contributed by atoms with Gasteiger partial charge < -0.3 is 9.73 Å². The summed E-state index contributed by atoms with van der Waals surface area (Å²) in [4.78, 5) is 8.87. The van der Waals surface area contributed by atoms with E-state index >= 15 is 0 Å². The molecule has 0 radical (unpaired) electrons. The minimum atomic E-state index is -2.55. The topological polar surface area (TPSA) is 68.8 Å². The van der Waals surface area contributed by atoms with E-state index in [2.05, 4.69) is 20.4 Å². The summed E-state index contributed by atoms with van der Waals surface area (Å²) in [5.41, 5.74) is 2.84. The maximum Gasteiger partial charge on any atom is 0.248 e. The lowest BCUT2D eigenvalue weighted by Gasteiger charge is -2.29. The van der Waals surface area contributed by atoms with E-state index in [0.29, 0.717) is 36.8 Å². The Kier molecular flexibility index (Phi) is 4.87. The van der Waals surface area contributed by atoms with Gasteiger partial charge in [-0.25, -0.2) is 23.4 Å². The van der Waals surface area contributed by atoms with Crippen LogP contribution in [0.3, 0.4) is 0 Å². The Hall–Kier alpha value is -2.77. The summed E-state index contributed by atoms with van der Waals surface area (Å²) in [7, 11) is 0. The molecule has 0 atom stereocenters. The van der Waals surface area contributed by atoms with Gasteiger partial charge in [-0.2, -0.15) is 5.10 Å². The second-order valence-electron chi connectivity index (χ2n) is 7.43. The minimum absolute atomic E-state index is 0.0163. The fourth-order valence-electron chi connectivity index (χ4n) is 3.62. The van der Waals surface area contributed by atoms with Gasteiger partial charge in [0.2, 0.25) is 5.92 Å². The molecule has 28 heavy (non-hydrogen) atoms. The van der Waals surface area contributed by atoms with Crippen LogP contribution >= 0.6 is 0 Å². The second kappa shape index (κ2) is 7.33. The van der Waals surface area contributed by atoms with Crippen LogP contribution < -0.4 is 5.32 Å². The predicted octanol–water partition coefficient (Wildman–Crippen LogP) is 4.45. The third-order valence-electron chi connectivity index (χ3n) is 5.01. The van der Waals surface area contributed by atoms with Crippen LogP contribution in [0.4, 0.5) is 14.6 Å². The predicted molar refractivity (Wildman–Crippen MR) is 101 cm³/mol. The van der Waals surface area contributed by atoms with Crippen molar-refractivity contribution in [2.75, 3.05) is 5.32 Å². The average Bonchev–Trinajstić information content (AvgIpc) is 3.26. The fourth-order valence-corrected chi connectivity index (χ4v) is 3.62. The maximum absolute atomic E-state index is 13.5. The van der Waals surface area contributed by atoms with Crippen molar-refractivity contribution in [2.45, 2.75) is 57.9 Å². The molecule has 0 aromatic carbocycles. The van der Waals surface area contributed by atoms with Crippen molar-refractivity contribution < 1.29 is 13.2 Å². The number of nitrogens with zero attached hydrogens (tertiary/aromatic N) is 4. The molecule has 1 aliphatic rings. The monoisotopic (exact) mass is 387 g/mol. The summed E-state index contributed by atoms with van der Waals surface area (Å²) in [5.74, 6) is -0.610. The lowest BCUT2D eigenvalue weighted by molar-refractivity contribution is -0.0361. The van der Waals surface area contributed by atoms with Crippen molar-refractivity contribution >= 4 is 5.82 Å². The molecule has 0 amide bonds. The molecule has 148 valence electrons. The van der Waals surface area contributed by atoms with Gasteiger partial charge in [0.1, 0.15) is 12.1 Å². The van der Waals surface area contributed by atoms with Gasteiger partial charge in [-0.3, -0.25) is 0 Å². The highest BCUT2D eigenvalue weighted by Crippen LogP contribution is 2.34. The molecule has 0 bridgehead atoms. The van der Waals surface area contributed by atoms with Gasteiger partial charge in [-0.15, -0.1) is 0 Å². The number of alkyl halides is 2. The molecule has 3 aromatic rings. The van der Waals surface area contributed by atoms with Crippen molar-refractivity contribution in [3.8, 4) is 5.82 Å². The Bertz CT molecular complexity index is 942. The Labute approximate surface area is 162 Å². The highest BCUT2D eigenvalue weighted by molar-refractivity contribution is 5.46. The van der Waals surface area contributed by atoms with Crippen LogP contribution in [0.1, 0.15) is 48.5 Å². The van der Waals surface area contributed by atoms with Crippen LogP contribution in [0.25, 0.3) is 5.82 Å². The molecule has 6 nitrogen and oxygen atoms in total. The highest BCUT2D eigenvalue weighted by Gasteiger charge is 2.35. The van der Waals surface area contributed by atoms with Crippen LogP contribution in [-0.2, 0) is 6.42 Å². The number of anilines is 1. The van der Waals surface area contributed by atoms with E-state index < -0.39 is 5.92 Å². The standard InChI is InChI=1S/C20H23F2N5O/c1-13-9-14(2)27(26-13)18-11-15(12-19-23-7-8-28-19)10-17(25-18)24-16-3-5-20(21,22)6-4-16/h7-11,16H,3-6,12H2,1-2H3,(H,24,25). The van der Waals surface area contributed by atoms with Crippen LogP contribution in [0.5, 0.6) is 0 Å². The lowest BCUT2D eigenvalue weighted by Crippen LogP contribution is -2.32. The molecule has 0 unspecified atom stereocenters. The quantitative estimate of drug-likeness (QED) is 0.700. The molecular weight excluding hydrogens is 364 g/mol. The summed E-state index contributed by atoms with van der Waals surface area (Å²) in [6.45, 7) is 3.90. The molecule has 8 heteroatoms. The first-order valence-electron chi connectivity index (χ1n) is 9.45. The number of aromatic nitrogens is 4. The maximum atomic E-state index is 13.5. The molecule has 1 N–H and O–H groups in total. The first-order chi connectivity index (χ1) is 13.4. The number of rotatable bonds is 5. The Morgan fingerprint density at radius 1 is 1.21 bits per heavy atom. The van der Waals surface area contributed by atoms with Crippen LogP contribution in [-0.4, -0.2) is 31.7 Å². The highest BCUT2D eigenvalue weighted by atomic mass is 19.3. The van der Waals surface area contributed by atoms with Gasteiger partial charge in [0.25, 0.3) is 0 Å². The zero-order valence-corrected chi connectivity index (χ0v) is 16.0. The van der Waals surface area contributed by atoms with Gasteiger partial charge in [-0.1, -0.05) is 0 Å². The van der Waals surface area contributed by atoms with Crippen LogP contribution in [0.15, 0.2) is 35.1 Å². The van der Waals surface area contributed by atoms with Gasteiger partial charge >= 0.3 is 0 Å². The normalized spacial score (nSPS) is 17.0. The molecule has 0 saturated heterocycles. The molecule has 0 aliphatic heterocycles. The number of aryl methyl sites for hydroxylation is 2. The van der Waals surface area contributed by atoms with Gasteiger partial charge in [0, 0.05) is 31.0 Å². The zero-order valence-electron chi connectivity index (χ0n) is 16.0. The van der Waals surface area contributed by atoms with E-state index in [-0.39, 0.29) is 18.9 Å². The zero-order chi connectivity index (χ0) is 19.7. The number of halogens is 2. The van der Waals surface area contributed by atoms with Crippen molar-refractivity contribution in [1.82, 2.24) is 19.7 Å². The number of hydrogen-bond donors (Lipinski definition) is 1. The Morgan fingerprint density at radius 3 is 2.64 bits per heavy atom. The summed E-state index contributed by atoms with van der Waals surface area (Å²) in [6.07, 6.45) is 4.33. The van der Waals surface area contributed by atoms with E-state index in [1.165, 1.54) is 0 Å². The largest absolute Gasteiger partial charge is 0.449 e. The van der Waals surface area contributed by atoms with Crippen LogP contribution in [0.2, 0.25) is 0 Å². The molecule has 0 spiro atoms. The Balaban J connectivity index is 1.63. The molecular formula is C20H23F2N5O. The summed E-state index contributed by atoms with van der Waals surface area (Å²) in [5, 5.41) is 7.85. The molecule has 3 heterocycles. The van der Waals surface area contributed by atoms with E-state index in [1.807, 2.05) is 32.0 Å². The van der Waals surface area contributed by atoms with E-state index in [1.54, 1.807) is 17.1 Å². The van der Waals surface area contributed by atoms with Crippen molar-refractivity contribution in [1.29, 1.82) is 0 Å². The molecule has 1 aliphatic carbocycles. The Morgan fingerprint density at radius 2 is 2.00 bits per heavy atom.